The topological polar surface area (TPSA) is 138 Å². The molecule has 5 rings (SSSR count). The molecule has 12 heteroatoms. The normalized spacial score (nSPS) is 14.9. The Kier molecular flexibility index (Phi) is 9.71. The van der Waals surface area contributed by atoms with E-state index in [1.165, 1.54) is 24.3 Å². The molecule has 222 valence electrons. The molecule has 0 radical (unpaired) electrons. The lowest BCUT2D eigenvalue weighted by molar-refractivity contribution is -0.146. The van der Waals surface area contributed by atoms with Gasteiger partial charge in [-0.1, -0.05) is 54.6 Å². The van der Waals surface area contributed by atoms with Gasteiger partial charge in [0, 0.05) is 0 Å². The third-order valence-corrected chi connectivity index (χ3v) is 6.79. The molecule has 2 heterocycles. The van der Waals surface area contributed by atoms with Crippen molar-refractivity contribution in [3.63, 3.8) is 0 Å². The SMILES string of the molecule is O=C(C[C@@H](CF)N1C(=O)c2ccccc2C1=O)OCc1ccccc1.O=C(O)C[C@@H](CF)N1C(=O)c2ccccc2C1=O. The highest BCUT2D eigenvalue weighted by Crippen LogP contribution is 2.27. The number of amides is 4. The molecule has 0 spiro atoms. The summed E-state index contributed by atoms with van der Waals surface area (Å²) in [6.45, 7) is -2.02. The first-order valence-corrected chi connectivity index (χ1v) is 13.1. The molecule has 1 N–H and O–H groups in total. The number of carboxylic acids is 1. The molecule has 0 fully saturated rings. The summed E-state index contributed by atoms with van der Waals surface area (Å²) in [6, 6.07) is 19.0. The Morgan fingerprint density at radius 3 is 1.37 bits per heavy atom. The molecule has 0 bridgehead atoms. The number of carbonyl (C=O) groups excluding carboxylic acids is 5. The van der Waals surface area contributed by atoms with Crippen LogP contribution in [0, 0.1) is 0 Å². The van der Waals surface area contributed by atoms with Crippen LogP contribution in [-0.4, -0.2) is 75.9 Å². The van der Waals surface area contributed by atoms with Gasteiger partial charge in [-0.3, -0.25) is 38.6 Å². The first-order valence-electron chi connectivity index (χ1n) is 13.1. The smallest absolute Gasteiger partial charge is 0.308 e. The van der Waals surface area contributed by atoms with Crippen LogP contribution in [0.2, 0.25) is 0 Å². The number of carbonyl (C=O) groups is 6. The first kappa shape index (κ1) is 30.7. The number of hydrogen-bond acceptors (Lipinski definition) is 7. The Labute approximate surface area is 244 Å². The van der Waals surface area contributed by atoms with Crippen molar-refractivity contribution in [1.82, 2.24) is 9.80 Å². The van der Waals surface area contributed by atoms with Gasteiger partial charge < -0.3 is 9.84 Å². The lowest BCUT2D eigenvalue weighted by atomic mass is 10.1. The third-order valence-electron chi connectivity index (χ3n) is 6.79. The molecule has 0 saturated heterocycles. The monoisotopic (exact) mass is 592 g/mol. The van der Waals surface area contributed by atoms with Crippen molar-refractivity contribution in [3.05, 3.63) is 107 Å². The minimum atomic E-state index is -1.26. The Balaban J connectivity index is 0.000000208. The molecule has 0 aromatic heterocycles. The summed E-state index contributed by atoms with van der Waals surface area (Å²) in [5, 5.41) is 8.65. The van der Waals surface area contributed by atoms with E-state index in [9.17, 15) is 37.5 Å². The largest absolute Gasteiger partial charge is 0.481 e. The highest BCUT2D eigenvalue weighted by atomic mass is 19.1. The van der Waals surface area contributed by atoms with Gasteiger partial charge in [0.05, 0.1) is 47.2 Å². The number of benzene rings is 3. The second-order valence-electron chi connectivity index (χ2n) is 9.62. The summed E-state index contributed by atoms with van der Waals surface area (Å²) >= 11 is 0. The fourth-order valence-corrected chi connectivity index (χ4v) is 4.70. The molecule has 10 nitrogen and oxygen atoms in total. The molecule has 0 unspecified atom stereocenters. The number of aliphatic carboxylic acids is 1. The van der Waals surface area contributed by atoms with E-state index in [0.717, 1.165) is 10.5 Å². The first-order chi connectivity index (χ1) is 20.7. The number of ether oxygens (including phenoxy) is 1. The van der Waals surface area contributed by atoms with Crippen molar-refractivity contribution < 1.29 is 47.4 Å². The summed E-state index contributed by atoms with van der Waals surface area (Å²) in [7, 11) is 0. The molecular formula is C31H26F2N2O8. The van der Waals surface area contributed by atoms with Gasteiger partial charge in [-0.2, -0.15) is 0 Å². The van der Waals surface area contributed by atoms with Crippen LogP contribution < -0.4 is 0 Å². The van der Waals surface area contributed by atoms with Crippen molar-refractivity contribution in [1.29, 1.82) is 0 Å². The van der Waals surface area contributed by atoms with E-state index >= 15 is 0 Å². The van der Waals surface area contributed by atoms with E-state index in [1.54, 1.807) is 36.4 Å². The molecule has 2 aliphatic rings. The van der Waals surface area contributed by atoms with E-state index in [1.807, 2.05) is 18.2 Å². The minimum Gasteiger partial charge on any atom is -0.481 e. The molecule has 0 saturated carbocycles. The number of alkyl halides is 2. The maximum atomic E-state index is 13.4. The minimum absolute atomic E-state index is 0.0563. The van der Waals surface area contributed by atoms with Gasteiger partial charge in [0.1, 0.15) is 20.0 Å². The van der Waals surface area contributed by atoms with Crippen LogP contribution in [0.4, 0.5) is 8.78 Å². The predicted octanol–water partition coefficient (Wildman–Crippen LogP) is 3.85. The van der Waals surface area contributed by atoms with E-state index < -0.39 is 67.4 Å². The second kappa shape index (κ2) is 13.6. The third kappa shape index (κ3) is 6.64. The average Bonchev–Trinajstić information content (AvgIpc) is 3.43. The van der Waals surface area contributed by atoms with Crippen molar-refractivity contribution >= 4 is 35.6 Å². The molecule has 0 aliphatic carbocycles. The number of fused-ring (bicyclic) bond motifs is 2. The van der Waals surface area contributed by atoms with E-state index in [2.05, 4.69) is 0 Å². The molecule has 3 aromatic carbocycles. The molecule has 3 aromatic rings. The summed E-state index contributed by atoms with van der Waals surface area (Å²) in [4.78, 5) is 72.7. The molecular weight excluding hydrogens is 566 g/mol. The van der Waals surface area contributed by atoms with Gasteiger partial charge in [-0.25, -0.2) is 8.78 Å². The Bertz CT molecular complexity index is 1490. The van der Waals surface area contributed by atoms with Gasteiger partial charge in [-0.15, -0.1) is 0 Å². The zero-order valence-corrected chi connectivity index (χ0v) is 22.7. The van der Waals surface area contributed by atoms with Gasteiger partial charge in [0.2, 0.25) is 0 Å². The Morgan fingerprint density at radius 2 is 1.00 bits per heavy atom. The van der Waals surface area contributed by atoms with Crippen LogP contribution in [-0.2, 0) is 20.9 Å². The van der Waals surface area contributed by atoms with Gasteiger partial charge in [0.25, 0.3) is 23.6 Å². The maximum Gasteiger partial charge on any atom is 0.308 e. The van der Waals surface area contributed by atoms with Crippen LogP contribution in [0.3, 0.4) is 0 Å². The molecule has 4 amide bonds. The number of esters is 1. The van der Waals surface area contributed by atoms with Crippen LogP contribution in [0.25, 0.3) is 0 Å². The summed E-state index contributed by atoms with van der Waals surface area (Å²) in [6.07, 6.45) is -0.975. The lowest BCUT2D eigenvalue weighted by Gasteiger charge is -2.22. The van der Waals surface area contributed by atoms with Crippen LogP contribution in [0.1, 0.15) is 59.8 Å². The standard InChI is InChI=1S/C19H16FNO4.C12H10FNO4/c20-11-14(10-17(22)25-12-13-6-2-1-3-7-13)21-18(23)15-8-4-5-9-16(15)19(21)24;13-6-7(5-10(15)16)14-11(17)8-3-1-2-4-9(8)12(14)18/h1-9,14H,10-12H2;1-4,7H,5-6H2,(H,15,16)/t14-;7-/m00/s1. The van der Waals surface area contributed by atoms with Crippen molar-refractivity contribution in [3.8, 4) is 0 Å². The summed E-state index contributed by atoms with van der Waals surface area (Å²) in [5.41, 5.74) is 1.62. The number of imide groups is 2. The van der Waals surface area contributed by atoms with Gasteiger partial charge in [-0.05, 0) is 29.8 Å². The quantitative estimate of drug-likeness (QED) is 0.277. The van der Waals surface area contributed by atoms with Gasteiger partial charge >= 0.3 is 11.9 Å². The number of halogens is 2. The fourth-order valence-electron chi connectivity index (χ4n) is 4.70. The fraction of sp³-hybridized carbons (Fsp3) is 0.226. The van der Waals surface area contributed by atoms with E-state index in [4.69, 9.17) is 9.84 Å². The van der Waals surface area contributed by atoms with Crippen LogP contribution in [0.15, 0.2) is 78.9 Å². The van der Waals surface area contributed by atoms with Crippen molar-refractivity contribution in [2.45, 2.75) is 31.5 Å². The summed E-state index contributed by atoms with van der Waals surface area (Å²) < 4.78 is 31.4. The summed E-state index contributed by atoms with van der Waals surface area (Å²) in [5.74, 6) is -4.37. The number of rotatable bonds is 10. The lowest BCUT2D eigenvalue weighted by Crippen LogP contribution is -2.42. The Hall–Kier alpha value is -5.26. The van der Waals surface area contributed by atoms with Crippen LogP contribution in [0.5, 0.6) is 0 Å². The number of hydrogen-bond donors (Lipinski definition) is 1. The molecule has 2 aliphatic heterocycles. The van der Waals surface area contributed by atoms with E-state index in [0.29, 0.717) is 4.90 Å². The maximum absolute atomic E-state index is 13.4. The molecule has 43 heavy (non-hydrogen) atoms. The zero-order valence-electron chi connectivity index (χ0n) is 22.7. The second-order valence-corrected chi connectivity index (χ2v) is 9.62. The number of nitrogens with zero attached hydrogens (tertiary/aromatic N) is 2. The highest BCUT2D eigenvalue weighted by Gasteiger charge is 2.41. The highest BCUT2D eigenvalue weighted by molar-refractivity contribution is 6.22. The molecule has 2 atom stereocenters. The Morgan fingerprint density at radius 1 is 0.628 bits per heavy atom. The van der Waals surface area contributed by atoms with Crippen LogP contribution >= 0.6 is 0 Å². The predicted molar refractivity (Wildman–Crippen MR) is 147 cm³/mol. The zero-order chi connectivity index (χ0) is 31.1. The van der Waals surface area contributed by atoms with Crippen molar-refractivity contribution in [2.24, 2.45) is 0 Å². The van der Waals surface area contributed by atoms with E-state index in [-0.39, 0.29) is 35.3 Å². The van der Waals surface area contributed by atoms with Crippen molar-refractivity contribution in [2.75, 3.05) is 13.3 Å². The van der Waals surface area contributed by atoms with Gasteiger partial charge in [0.15, 0.2) is 0 Å². The number of carboxylic acid groups (broad SMARTS) is 1. The average molecular weight is 593 g/mol.